The number of benzene rings is 2. The van der Waals surface area contributed by atoms with Gasteiger partial charge >= 0.3 is 0 Å². The molecule has 0 N–H and O–H groups in total. The summed E-state index contributed by atoms with van der Waals surface area (Å²) in [6.07, 6.45) is 3.78. The number of hydrogen-bond acceptors (Lipinski definition) is 5. The van der Waals surface area contributed by atoms with Crippen LogP contribution in [-0.4, -0.2) is 19.7 Å². The topological polar surface area (TPSA) is 48.0 Å². The highest BCUT2D eigenvalue weighted by atomic mass is 16.7. The largest absolute Gasteiger partial charge is 0.495 e. The molecule has 2 aliphatic rings. The second-order valence-electron chi connectivity index (χ2n) is 5.66. The highest BCUT2D eigenvalue weighted by Crippen LogP contribution is 2.45. The quantitative estimate of drug-likeness (QED) is 0.866. The van der Waals surface area contributed by atoms with Gasteiger partial charge in [-0.3, -0.25) is 4.79 Å². The van der Waals surface area contributed by atoms with Crippen LogP contribution in [0.1, 0.15) is 18.0 Å². The molecule has 0 saturated carbocycles. The molecular weight excluding hydrogens is 306 g/mol. The number of ether oxygens (including phenoxy) is 3. The molecule has 5 heteroatoms. The van der Waals surface area contributed by atoms with Gasteiger partial charge in [0.25, 0.3) is 0 Å². The lowest BCUT2D eigenvalue weighted by molar-refractivity contribution is -0.115. The van der Waals surface area contributed by atoms with E-state index in [4.69, 9.17) is 14.2 Å². The van der Waals surface area contributed by atoms with Gasteiger partial charge < -0.3 is 19.1 Å². The van der Waals surface area contributed by atoms with Crippen LogP contribution in [0.2, 0.25) is 0 Å². The van der Waals surface area contributed by atoms with Gasteiger partial charge in [0.1, 0.15) is 5.75 Å². The molecule has 0 fully saturated rings. The fourth-order valence-electron chi connectivity index (χ4n) is 3.19. The number of anilines is 1. The zero-order valence-corrected chi connectivity index (χ0v) is 13.3. The van der Waals surface area contributed by atoms with Crippen molar-refractivity contribution in [3.8, 4) is 17.2 Å². The van der Waals surface area contributed by atoms with Crippen LogP contribution in [0.15, 0.2) is 54.7 Å². The first-order valence-electron chi connectivity index (χ1n) is 7.79. The Bertz CT molecular complexity index is 815. The maximum absolute atomic E-state index is 12.1. The van der Waals surface area contributed by atoms with E-state index >= 15 is 0 Å². The van der Waals surface area contributed by atoms with Gasteiger partial charge in [0.05, 0.1) is 18.8 Å². The molecule has 1 atom stereocenters. The van der Waals surface area contributed by atoms with Crippen molar-refractivity contribution >= 4 is 11.5 Å². The Kier molecular flexibility index (Phi) is 3.61. The van der Waals surface area contributed by atoms with Crippen molar-refractivity contribution in [2.75, 3.05) is 18.8 Å². The zero-order valence-electron chi connectivity index (χ0n) is 13.3. The van der Waals surface area contributed by atoms with Crippen LogP contribution in [-0.2, 0) is 4.79 Å². The number of fused-ring (bicyclic) bond motifs is 1. The van der Waals surface area contributed by atoms with Gasteiger partial charge in [-0.1, -0.05) is 24.3 Å². The molecule has 0 aliphatic carbocycles. The molecule has 122 valence electrons. The SMILES string of the molecule is COc1ccccc1N1C=CC(=O)C[C@@H]1c1cccc2c1OCO2. The number of ketones is 1. The fraction of sp³-hybridized carbons (Fsp3) is 0.211. The number of methoxy groups -OCH3 is 1. The Hall–Kier alpha value is -2.95. The molecule has 0 radical (unpaired) electrons. The van der Waals surface area contributed by atoms with E-state index in [0.717, 1.165) is 22.7 Å². The third kappa shape index (κ3) is 2.38. The van der Waals surface area contributed by atoms with Crippen molar-refractivity contribution in [1.82, 2.24) is 0 Å². The number of nitrogens with zero attached hydrogens (tertiary/aromatic N) is 1. The van der Waals surface area contributed by atoms with Crippen LogP contribution in [0.25, 0.3) is 0 Å². The van der Waals surface area contributed by atoms with Gasteiger partial charge in [-0.05, 0) is 24.3 Å². The van der Waals surface area contributed by atoms with E-state index in [2.05, 4.69) is 4.90 Å². The highest BCUT2D eigenvalue weighted by molar-refractivity contribution is 5.93. The summed E-state index contributed by atoms with van der Waals surface area (Å²) in [6, 6.07) is 13.4. The third-order valence-electron chi connectivity index (χ3n) is 4.30. The lowest BCUT2D eigenvalue weighted by Gasteiger charge is -2.34. The monoisotopic (exact) mass is 323 g/mol. The Morgan fingerprint density at radius 1 is 1.12 bits per heavy atom. The van der Waals surface area contributed by atoms with Crippen LogP contribution < -0.4 is 19.1 Å². The Balaban J connectivity index is 1.82. The summed E-state index contributed by atoms with van der Waals surface area (Å²) in [7, 11) is 1.64. The molecule has 0 spiro atoms. The predicted molar refractivity (Wildman–Crippen MR) is 89.5 cm³/mol. The van der Waals surface area contributed by atoms with Crippen molar-refractivity contribution in [1.29, 1.82) is 0 Å². The molecule has 2 aliphatic heterocycles. The van der Waals surface area contributed by atoms with Gasteiger partial charge in [0.2, 0.25) is 6.79 Å². The smallest absolute Gasteiger partial charge is 0.231 e. The van der Waals surface area contributed by atoms with Gasteiger partial charge in [0, 0.05) is 18.2 Å². The predicted octanol–water partition coefficient (Wildman–Crippen LogP) is 3.46. The lowest BCUT2D eigenvalue weighted by Crippen LogP contribution is -2.29. The molecule has 0 bridgehead atoms. The van der Waals surface area contributed by atoms with Crippen LogP contribution in [0.3, 0.4) is 0 Å². The van der Waals surface area contributed by atoms with Gasteiger partial charge in [-0.25, -0.2) is 0 Å². The molecule has 2 aromatic rings. The van der Waals surface area contributed by atoms with E-state index in [0.29, 0.717) is 12.2 Å². The van der Waals surface area contributed by atoms with Crippen LogP contribution >= 0.6 is 0 Å². The summed E-state index contributed by atoms with van der Waals surface area (Å²) >= 11 is 0. The Labute approximate surface area is 140 Å². The van der Waals surface area contributed by atoms with Crippen molar-refractivity contribution in [2.24, 2.45) is 0 Å². The maximum atomic E-state index is 12.1. The van der Waals surface area contributed by atoms with Gasteiger partial charge in [-0.15, -0.1) is 0 Å². The fourth-order valence-corrected chi connectivity index (χ4v) is 3.19. The molecule has 0 amide bonds. The van der Waals surface area contributed by atoms with E-state index in [1.807, 2.05) is 48.7 Å². The number of carbonyl (C=O) groups is 1. The second-order valence-corrected chi connectivity index (χ2v) is 5.66. The summed E-state index contributed by atoms with van der Waals surface area (Å²) in [5.41, 5.74) is 1.85. The molecule has 24 heavy (non-hydrogen) atoms. The molecule has 0 aromatic heterocycles. The van der Waals surface area contributed by atoms with Crippen LogP contribution in [0.4, 0.5) is 5.69 Å². The second kappa shape index (κ2) is 5.92. The minimum Gasteiger partial charge on any atom is -0.495 e. The molecule has 0 unspecified atom stereocenters. The molecule has 5 nitrogen and oxygen atoms in total. The normalized spacial score (nSPS) is 18.8. The Morgan fingerprint density at radius 2 is 2.00 bits per heavy atom. The lowest BCUT2D eigenvalue weighted by atomic mass is 9.95. The minimum absolute atomic E-state index is 0.0858. The average Bonchev–Trinajstić information content (AvgIpc) is 3.10. The highest BCUT2D eigenvalue weighted by Gasteiger charge is 2.31. The zero-order chi connectivity index (χ0) is 16.5. The van der Waals surface area contributed by atoms with Crippen molar-refractivity contribution in [3.63, 3.8) is 0 Å². The molecule has 2 heterocycles. The van der Waals surface area contributed by atoms with E-state index < -0.39 is 0 Å². The first kappa shape index (κ1) is 14.6. The molecule has 2 aromatic carbocycles. The molecular formula is C19H17NO4. The van der Waals surface area contributed by atoms with E-state index in [9.17, 15) is 4.79 Å². The Morgan fingerprint density at radius 3 is 2.88 bits per heavy atom. The average molecular weight is 323 g/mol. The van der Waals surface area contributed by atoms with Crippen LogP contribution in [0.5, 0.6) is 17.2 Å². The number of hydrogen-bond donors (Lipinski definition) is 0. The molecule has 4 rings (SSSR count). The number of para-hydroxylation sites is 3. The number of carbonyl (C=O) groups excluding carboxylic acids is 1. The van der Waals surface area contributed by atoms with E-state index in [1.165, 1.54) is 0 Å². The van der Waals surface area contributed by atoms with Crippen molar-refractivity contribution in [2.45, 2.75) is 12.5 Å². The minimum atomic E-state index is -0.171. The summed E-state index contributed by atoms with van der Waals surface area (Å²) in [4.78, 5) is 14.1. The first-order chi connectivity index (χ1) is 11.8. The number of allylic oxidation sites excluding steroid dienone is 1. The van der Waals surface area contributed by atoms with Gasteiger partial charge in [0.15, 0.2) is 17.3 Å². The van der Waals surface area contributed by atoms with Crippen molar-refractivity contribution in [3.05, 3.63) is 60.3 Å². The van der Waals surface area contributed by atoms with E-state index in [1.54, 1.807) is 13.2 Å². The van der Waals surface area contributed by atoms with Crippen LogP contribution in [0, 0.1) is 0 Å². The maximum Gasteiger partial charge on any atom is 0.231 e. The summed E-state index contributed by atoms with van der Waals surface area (Å²) in [6.45, 7) is 0.206. The third-order valence-corrected chi connectivity index (χ3v) is 4.30. The summed E-state index contributed by atoms with van der Waals surface area (Å²) in [5, 5.41) is 0. The van der Waals surface area contributed by atoms with Crippen molar-refractivity contribution < 1.29 is 19.0 Å². The summed E-state index contributed by atoms with van der Waals surface area (Å²) < 4.78 is 16.6. The van der Waals surface area contributed by atoms with E-state index in [-0.39, 0.29) is 18.6 Å². The molecule has 0 saturated heterocycles. The standard InChI is InChI=1S/C19H17NO4/c1-22-17-7-3-2-6-15(17)20-10-9-13(21)11-16(20)14-5-4-8-18-19(14)24-12-23-18/h2-10,16H,11-12H2,1H3/t16-/m1/s1. The number of rotatable bonds is 3. The first-order valence-corrected chi connectivity index (χ1v) is 7.79. The summed E-state index contributed by atoms with van der Waals surface area (Å²) in [5.74, 6) is 2.27. The van der Waals surface area contributed by atoms with Gasteiger partial charge in [-0.2, -0.15) is 0 Å².